The van der Waals surface area contributed by atoms with E-state index in [9.17, 15) is 0 Å². The molecule has 4 aromatic rings. The van der Waals surface area contributed by atoms with Gasteiger partial charge < -0.3 is 0 Å². The summed E-state index contributed by atoms with van der Waals surface area (Å²) in [5.74, 6) is 0. The van der Waals surface area contributed by atoms with Crippen LogP contribution in [0.4, 0.5) is 0 Å². The molecule has 0 saturated heterocycles. The quantitative estimate of drug-likeness (QED) is 0.532. The number of rotatable bonds is 2. The average Bonchev–Trinajstić information content (AvgIpc) is 2.87. The molecule has 0 atom stereocenters. The zero-order chi connectivity index (χ0) is 15.1. The second-order valence-corrected chi connectivity index (χ2v) is 7.98. The van der Waals surface area contributed by atoms with Gasteiger partial charge in [-0.15, -0.1) is 0 Å². The molecule has 108 valence electrons. The first-order valence-electron chi connectivity index (χ1n) is 7.47. The molecule has 0 saturated carbocycles. The van der Waals surface area contributed by atoms with Crippen molar-refractivity contribution >= 4 is 45.7 Å². The van der Waals surface area contributed by atoms with Crippen LogP contribution in [0.3, 0.4) is 0 Å². The molecule has 4 rings (SSSR count). The van der Waals surface area contributed by atoms with Crippen molar-refractivity contribution in [1.82, 2.24) is 4.98 Å². The number of aryl methyl sites for hydroxylation is 2. The molecule has 0 radical (unpaired) electrons. The van der Waals surface area contributed by atoms with E-state index in [4.69, 9.17) is 0 Å². The van der Waals surface area contributed by atoms with Crippen molar-refractivity contribution in [3.8, 4) is 0 Å². The summed E-state index contributed by atoms with van der Waals surface area (Å²) in [6.45, 7) is 4.43. The Morgan fingerprint density at radius 3 is 2.32 bits per heavy atom. The number of hydrogen-bond acceptors (Lipinski definition) is 0. The molecular weight excluding hydrogens is 333 g/mol. The van der Waals surface area contributed by atoms with Gasteiger partial charge in [-0.3, -0.25) is 0 Å². The van der Waals surface area contributed by atoms with E-state index in [1.165, 1.54) is 41.9 Å². The molecule has 3 aromatic carbocycles. The van der Waals surface area contributed by atoms with Crippen LogP contribution in [0.15, 0.2) is 60.7 Å². The molecule has 0 bridgehead atoms. The average molecular weight is 350 g/mol. The van der Waals surface area contributed by atoms with Gasteiger partial charge in [0, 0.05) is 0 Å². The second kappa shape index (κ2) is 5.31. The number of H-pyrrole nitrogens is 1. The molecule has 0 aliphatic carbocycles. The van der Waals surface area contributed by atoms with E-state index in [0.717, 1.165) is 0 Å². The van der Waals surface area contributed by atoms with Crippen LogP contribution in [0.5, 0.6) is 0 Å². The molecule has 1 N–H and O–H groups in total. The molecule has 0 amide bonds. The van der Waals surface area contributed by atoms with Crippen LogP contribution in [0.2, 0.25) is 0 Å². The summed E-state index contributed by atoms with van der Waals surface area (Å²) in [7, 11) is 0. The van der Waals surface area contributed by atoms with Gasteiger partial charge in [0.1, 0.15) is 0 Å². The first kappa shape index (κ1) is 13.6. The maximum atomic E-state index is 3.53. The van der Waals surface area contributed by atoms with E-state index in [-0.39, 0.29) is 0 Å². The molecule has 22 heavy (non-hydrogen) atoms. The summed E-state index contributed by atoms with van der Waals surface area (Å²) < 4.78 is 2.94. The summed E-state index contributed by atoms with van der Waals surface area (Å²) in [5, 5.41) is 2.66. The fourth-order valence-corrected chi connectivity index (χ4v) is 5.00. The number of para-hydroxylation sites is 1. The van der Waals surface area contributed by atoms with Crippen LogP contribution in [-0.4, -0.2) is 19.9 Å². The standard InChI is InChI=1S/C20H17NSe/c1-13-7-3-6-10-19(13)22-20-12-16-15-8-4-5-9-17(15)21-18(16)11-14(20)2/h3-12,21H,1-2H3. The normalized spacial score (nSPS) is 11.4. The van der Waals surface area contributed by atoms with Gasteiger partial charge in [-0.2, -0.15) is 0 Å². The van der Waals surface area contributed by atoms with Crippen LogP contribution < -0.4 is 8.92 Å². The monoisotopic (exact) mass is 351 g/mol. The number of aromatic amines is 1. The topological polar surface area (TPSA) is 15.8 Å². The van der Waals surface area contributed by atoms with Crippen LogP contribution in [0, 0.1) is 13.8 Å². The molecule has 2 heteroatoms. The van der Waals surface area contributed by atoms with Gasteiger partial charge >= 0.3 is 136 Å². The summed E-state index contributed by atoms with van der Waals surface area (Å²) in [5.41, 5.74) is 5.23. The molecule has 0 unspecified atom stereocenters. The first-order chi connectivity index (χ1) is 10.7. The predicted molar refractivity (Wildman–Crippen MR) is 96.7 cm³/mol. The second-order valence-electron chi connectivity index (χ2n) is 5.70. The van der Waals surface area contributed by atoms with Gasteiger partial charge in [0.25, 0.3) is 0 Å². The number of aromatic nitrogens is 1. The molecule has 1 aromatic heterocycles. The Hall–Kier alpha value is -2.02. The van der Waals surface area contributed by atoms with Crippen molar-refractivity contribution in [2.45, 2.75) is 13.8 Å². The van der Waals surface area contributed by atoms with Crippen molar-refractivity contribution in [1.29, 1.82) is 0 Å². The Balaban J connectivity index is 1.89. The zero-order valence-corrected chi connectivity index (χ0v) is 14.4. The minimum atomic E-state index is 0.349. The minimum absolute atomic E-state index is 0.349. The van der Waals surface area contributed by atoms with Crippen molar-refractivity contribution in [3.05, 3.63) is 71.8 Å². The van der Waals surface area contributed by atoms with E-state index in [2.05, 4.69) is 79.5 Å². The third-order valence-electron chi connectivity index (χ3n) is 4.12. The maximum absolute atomic E-state index is 3.53. The Kier molecular flexibility index (Phi) is 3.29. The summed E-state index contributed by atoms with van der Waals surface area (Å²) >= 11 is 0.349. The van der Waals surface area contributed by atoms with Crippen molar-refractivity contribution in [3.63, 3.8) is 0 Å². The van der Waals surface area contributed by atoms with Crippen LogP contribution in [0.1, 0.15) is 11.1 Å². The van der Waals surface area contributed by atoms with E-state index >= 15 is 0 Å². The van der Waals surface area contributed by atoms with Crippen LogP contribution >= 0.6 is 0 Å². The molecule has 0 spiro atoms. The SMILES string of the molecule is Cc1ccccc1[Se]c1cc2c(cc1C)[nH]c1ccccc12. The van der Waals surface area contributed by atoms with Gasteiger partial charge in [-0.05, 0) is 0 Å². The molecule has 1 nitrogen and oxygen atoms in total. The third kappa shape index (κ3) is 2.25. The van der Waals surface area contributed by atoms with E-state index in [1.54, 1.807) is 0 Å². The Morgan fingerprint density at radius 1 is 0.682 bits per heavy atom. The zero-order valence-electron chi connectivity index (χ0n) is 12.7. The van der Waals surface area contributed by atoms with E-state index in [1.807, 2.05) is 0 Å². The number of nitrogens with one attached hydrogen (secondary N) is 1. The summed E-state index contributed by atoms with van der Waals surface area (Å²) in [6.07, 6.45) is 0. The molecular formula is C20H17NSe. The number of fused-ring (bicyclic) bond motifs is 3. The third-order valence-corrected chi connectivity index (χ3v) is 6.92. The van der Waals surface area contributed by atoms with Gasteiger partial charge in [0.2, 0.25) is 0 Å². The molecule has 0 aliphatic rings. The Morgan fingerprint density at radius 2 is 1.45 bits per heavy atom. The van der Waals surface area contributed by atoms with Crippen molar-refractivity contribution < 1.29 is 0 Å². The summed E-state index contributed by atoms with van der Waals surface area (Å²) in [4.78, 5) is 3.53. The van der Waals surface area contributed by atoms with Gasteiger partial charge in [-0.1, -0.05) is 0 Å². The predicted octanol–water partition coefficient (Wildman–Crippen LogP) is 3.59. The number of benzene rings is 3. The fourth-order valence-electron chi connectivity index (χ4n) is 2.89. The number of hydrogen-bond donors (Lipinski definition) is 1. The Labute approximate surface area is 136 Å². The molecule has 0 fully saturated rings. The van der Waals surface area contributed by atoms with Crippen LogP contribution in [0.25, 0.3) is 21.8 Å². The van der Waals surface area contributed by atoms with Crippen molar-refractivity contribution in [2.75, 3.05) is 0 Å². The van der Waals surface area contributed by atoms with Gasteiger partial charge in [0.05, 0.1) is 0 Å². The van der Waals surface area contributed by atoms with Gasteiger partial charge in [0.15, 0.2) is 0 Å². The van der Waals surface area contributed by atoms with Gasteiger partial charge in [-0.25, -0.2) is 0 Å². The molecule has 1 heterocycles. The van der Waals surface area contributed by atoms with E-state index in [0.29, 0.717) is 15.0 Å². The Bertz CT molecular complexity index is 982. The van der Waals surface area contributed by atoms with Crippen LogP contribution in [-0.2, 0) is 0 Å². The van der Waals surface area contributed by atoms with E-state index < -0.39 is 0 Å². The first-order valence-corrected chi connectivity index (χ1v) is 9.18. The molecule has 0 aliphatic heterocycles. The van der Waals surface area contributed by atoms with Crippen molar-refractivity contribution in [2.24, 2.45) is 0 Å². The fraction of sp³-hybridized carbons (Fsp3) is 0.100. The summed E-state index contributed by atoms with van der Waals surface area (Å²) in [6, 6.07) is 22.0.